The van der Waals surface area contributed by atoms with E-state index in [1.165, 1.54) is 10.6 Å². The summed E-state index contributed by atoms with van der Waals surface area (Å²) in [6.45, 7) is 1.94. The second-order valence-electron chi connectivity index (χ2n) is 2.72. The number of halogens is 1. The van der Waals surface area contributed by atoms with Gasteiger partial charge in [0.25, 0.3) is 5.56 Å². The number of aromatic nitrogens is 3. The van der Waals surface area contributed by atoms with E-state index in [0.717, 1.165) is 12.1 Å². The molecule has 4 nitrogen and oxygen atoms in total. The topological polar surface area (TPSA) is 50.2 Å². The van der Waals surface area contributed by atoms with E-state index in [-0.39, 0.29) is 5.56 Å². The van der Waals surface area contributed by atoms with Gasteiger partial charge >= 0.3 is 0 Å². The number of aryl methyl sites for hydroxylation is 1. The third-order valence-corrected chi connectivity index (χ3v) is 2.15. The molecule has 2 heterocycles. The van der Waals surface area contributed by atoms with Crippen molar-refractivity contribution in [3.05, 3.63) is 33.3 Å². The van der Waals surface area contributed by atoms with Crippen LogP contribution < -0.4 is 5.56 Å². The fraction of sp³-hybridized carbons (Fsp3) is 0.250. The third-order valence-electron chi connectivity index (χ3n) is 1.87. The monoisotopic (exact) mass is 197 g/mol. The standard InChI is InChI=1S/C8H8ClN3O/c1-2-5-3-7(13)12-8(11-5)6(9)4-10-12/h3-4,10H,2H2,1H3. The number of rotatable bonds is 1. The lowest BCUT2D eigenvalue weighted by Crippen LogP contribution is -2.15. The minimum atomic E-state index is -0.131. The molecule has 2 rings (SSSR count). The number of nitrogens with one attached hydrogen (secondary N) is 1. The lowest BCUT2D eigenvalue weighted by Gasteiger charge is -1.96. The summed E-state index contributed by atoms with van der Waals surface area (Å²) in [7, 11) is 0. The molecule has 2 aromatic heterocycles. The van der Waals surface area contributed by atoms with Gasteiger partial charge in [0, 0.05) is 18.0 Å². The van der Waals surface area contributed by atoms with Crippen LogP contribution in [0, 0.1) is 0 Å². The molecule has 68 valence electrons. The van der Waals surface area contributed by atoms with E-state index in [1.807, 2.05) is 6.92 Å². The number of aromatic amines is 1. The molecule has 0 aromatic carbocycles. The lowest BCUT2D eigenvalue weighted by atomic mass is 10.3. The zero-order valence-corrected chi connectivity index (χ0v) is 7.80. The van der Waals surface area contributed by atoms with Crippen molar-refractivity contribution in [2.75, 3.05) is 0 Å². The zero-order valence-electron chi connectivity index (χ0n) is 7.04. The molecule has 0 unspecified atom stereocenters. The van der Waals surface area contributed by atoms with Gasteiger partial charge in [-0.2, -0.15) is 0 Å². The zero-order chi connectivity index (χ0) is 9.42. The molecule has 0 saturated heterocycles. The molecule has 0 atom stereocenters. The Balaban J connectivity index is 2.88. The molecule has 5 heteroatoms. The summed E-state index contributed by atoms with van der Waals surface area (Å²) < 4.78 is 1.32. The van der Waals surface area contributed by atoms with E-state index in [0.29, 0.717) is 10.7 Å². The van der Waals surface area contributed by atoms with Gasteiger partial charge in [-0.25, -0.2) is 9.50 Å². The highest BCUT2D eigenvalue weighted by Crippen LogP contribution is 2.12. The van der Waals surface area contributed by atoms with Crippen LogP contribution in [0.15, 0.2) is 17.1 Å². The fourth-order valence-corrected chi connectivity index (χ4v) is 1.36. The quantitative estimate of drug-likeness (QED) is 0.748. The van der Waals surface area contributed by atoms with Crippen LogP contribution in [0.25, 0.3) is 5.65 Å². The Labute approximate surface area is 79.2 Å². The van der Waals surface area contributed by atoms with Crippen LogP contribution in [-0.2, 0) is 6.42 Å². The summed E-state index contributed by atoms with van der Waals surface area (Å²) >= 11 is 5.82. The summed E-state index contributed by atoms with van der Waals surface area (Å²) in [5.74, 6) is 0. The van der Waals surface area contributed by atoms with Crippen molar-refractivity contribution in [1.82, 2.24) is 14.6 Å². The maximum atomic E-state index is 11.4. The first kappa shape index (κ1) is 8.31. The average molecular weight is 198 g/mol. The van der Waals surface area contributed by atoms with Gasteiger partial charge in [0.2, 0.25) is 0 Å². The van der Waals surface area contributed by atoms with Crippen LogP contribution in [0.1, 0.15) is 12.6 Å². The maximum Gasteiger partial charge on any atom is 0.272 e. The SMILES string of the molecule is CCc1cc(=O)n2[nH]cc(Cl)c2n1. The largest absolute Gasteiger partial charge is 0.295 e. The molecule has 0 bridgehead atoms. The first-order valence-electron chi connectivity index (χ1n) is 3.98. The molecule has 0 spiro atoms. The Morgan fingerprint density at radius 2 is 2.46 bits per heavy atom. The van der Waals surface area contributed by atoms with Crippen molar-refractivity contribution >= 4 is 17.2 Å². The number of fused-ring (bicyclic) bond motifs is 1. The van der Waals surface area contributed by atoms with Crippen molar-refractivity contribution in [2.45, 2.75) is 13.3 Å². The van der Waals surface area contributed by atoms with Gasteiger partial charge in [0.05, 0.1) is 0 Å². The van der Waals surface area contributed by atoms with Crippen LogP contribution in [0.5, 0.6) is 0 Å². The number of H-pyrrole nitrogens is 1. The highest BCUT2D eigenvalue weighted by molar-refractivity contribution is 6.33. The summed E-state index contributed by atoms with van der Waals surface area (Å²) in [6, 6.07) is 1.50. The van der Waals surface area contributed by atoms with E-state index >= 15 is 0 Å². The average Bonchev–Trinajstić information content (AvgIpc) is 2.48. The minimum Gasteiger partial charge on any atom is -0.295 e. The Morgan fingerprint density at radius 1 is 1.69 bits per heavy atom. The van der Waals surface area contributed by atoms with Gasteiger partial charge in [-0.15, -0.1) is 0 Å². The molecular weight excluding hydrogens is 190 g/mol. The first-order valence-corrected chi connectivity index (χ1v) is 4.35. The van der Waals surface area contributed by atoms with Crippen LogP contribution in [-0.4, -0.2) is 14.6 Å². The first-order chi connectivity index (χ1) is 6.22. The summed E-state index contributed by atoms with van der Waals surface area (Å²) in [5, 5.41) is 3.18. The van der Waals surface area contributed by atoms with E-state index in [1.54, 1.807) is 6.20 Å². The number of hydrogen-bond donors (Lipinski definition) is 1. The van der Waals surface area contributed by atoms with Crippen LogP contribution in [0.4, 0.5) is 0 Å². The normalized spacial score (nSPS) is 10.9. The fourth-order valence-electron chi connectivity index (χ4n) is 1.18. The van der Waals surface area contributed by atoms with Gasteiger partial charge in [0.15, 0.2) is 5.65 Å². The van der Waals surface area contributed by atoms with E-state index in [4.69, 9.17) is 11.6 Å². The van der Waals surface area contributed by atoms with Crippen molar-refractivity contribution in [1.29, 1.82) is 0 Å². The third kappa shape index (κ3) is 1.23. The second kappa shape index (κ2) is 2.88. The van der Waals surface area contributed by atoms with Crippen LogP contribution >= 0.6 is 11.6 Å². The molecule has 0 aliphatic heterocycles. The highest BCUT2D eigenvalue weighted by Gasteiger charge is 2.05. The Bertz CT molecular complexity index is 500. The predicted molar refractivity (Wildman–Crippen MR) is 50.2 cm³/mol. The summed E-state index contributed by atoms with van der Waals surface area (Å²) in [5.41, 5.74) is 1.12. The van der Waals surface area contributed by atoms with E-state index in [9.17, 15) is 4.79 Å². The van der Waals surface area contributed by atoms with Gasteiger partial charge in [-0.3, -0.25) is 9.89 Å². The van der Waals surface area contributed by atoms with Crippen molar-refractivity contribution < 1.29 is 0 Å². The van der Waals surface area contributed by atoms with Crippen molar-refractivity contribution in [3.8, 4) is 0 Å². The summed E-state index contributed by atoms with van der Waals surface area (Å²) in [4.78, 5) is 15.6. The Hall–Kier alpha value is -1.29. The lowest BCUT2D eigenvalue weighted by molar-refractivity contribution is 0.876. The Kier molecular flexibility index (Phi) is 1.84. The minimum absolute atomic E-state index is 0.131. The molecule has 0 radical (unpaired) electrons. The molecule has 13 heavy (non-hydrogen) atoms. The molecule has 0 aliphatic rings. The molecule has 0 fully saturated rings. The van der Waals surface area contributed by atoms with Gasteiger partial charge in [-0.1, -0.05) is 18.5 Å². The van der Waals surface area contributed by atoms with Crippen molar-refractivity contribution in [3.63, 3.8) is 0 Å². The van der Waals surface area contributed by atoms with E-state index < -0.39 is 0 Å². The number of nitrogens with zero attached hydrogens (tertiary/aromatic N) is 2. The van der Waals surface area contributed by atoms with E-state index in [2.05, 4.69) is 10.1 Å². The molecule has 0 amide bonds. The smallest absolute Gasteiger partial charge is 0.272 e. The predicted octanol–water partition coefficient (Wildman–Crippen LogP) is 1.24. The molecule has 0 aliphatic carbocycles. The highest BCUT2D eigenvalue weighted by atomic mass is 35.5. The number of hydrogen-bond acceptors (Lipinski definition) is 2. The van der Waals surface area contributed by atoms with Crippen LogP contribution in [0.3, 0.4) is 0 Å². The molecule has 2 aromatic rings. The maximum absolute atomic E-state index is 11.4. The molecule has 0 saturated carbocycles. The van der Waals surface area contributed by atoms with Gasteiger partial charge < -0.3 is 0 Å². The second-order valence-corrected chi connectivity index (χ2v) is 3.13. The van der Waals surface area contributed by atoms with Crippen LogP contribution in [0.2, 0.25) is 5.02 Å². The summed E-state index contributed by atoms with van der Waals surface area (Å²) in [6.07, 6.45) is 2.28. The van der Waals surface area contributed by atoms with Gasteiger partial charge in [-0.05, 0) is 6.42 Å². The van der Waals surface area contributed by atoms with Crippen molar-refractivity contribution in [2.24, 2.45) is 0 Å². The van der Waals surface area contributed by atoms with Gasteiger partial charge in [0.1, 0.15) is 5.02 Å². The molecule has 1 N–H and O–H groups in total. The molecular formula is C8H8ClN3O. The Morgan fingerprint density at radius 3 is 3.15 bits per heavy atom.